The standard InChI is InChI=1S/C10H15N3O2S/c1-2-9-11-8-10(12-9)16(14,15)13-6-4-3-5-7-13/h3-4,8H,2,5-7H2,1H3,(H,11,12). The number of nitrogens with one attached hydrogen (secondary N) is 1. The largest absolute Gasteiger partial charge is 0.332 e. The molecular formula is C10H15N3O2S. The van der Waals surface area contributed by atoms with E-state index in [-0.39, 0.29) is 5.03 Å². The van der Waals surface area contributed by atoms with Gasteiger partial charge in [0, 0.05) is 19.5 Å². The first kappa shape index (κ1) is 11.3. The van der Waals surface area contributed by atoms with E-state index in [1.54, 1.807) is 0 Å². The van der Waals surface area contributed by atoms with Crippen LogP contribution in [0.15, 0.2) is 23.4 Å². The third kappa shape index (κ3) is 2.03. The second kappa shape index (κ2) is 4.39. The molecule has 1 aliphatic rings. The summed E-state index contributed by atoms with van der Waals surface area (Å²) in [6.45, 7) is 2.92. The van der Waals surface area contributed by atoms with Gasteiger partial charge in [-0.25, -0.2) is 13.4 Å². The molecule has 1 aromatic heterocycles. The van der Waals surface area contributed by atoms with Crippen molar-refractivity contribution in [2.45, 2.75) is 24.8 Å². The number of imidazole rings is 1. The van der Waals surface area contributed by atoms with E-state index < -0.39 is 10.0 Å². The lowest BCUT2D eigenvalue weighted by atomic mass is 10.3. The summed E-state index contributed by atoms with van der Waals surface area (Å²) in [5.74, 6) is 0.700. The highest BCUT2D eigenvalue weighted by Crippen LogP contribution is 2.16. The number of aryl methyl sites for hydroxylation is 1. The average molecular weight is 241 g/mol. The number of hydrogen-bond acceptors (Lipinski definition) is 3. The third-order valence-electron chi connectivity index (χ3n) is 2.58. The van der Waals surface area contributed by atoms with Crippen molar-refractivity contribution in [2.75, 3.05) is 13.1 Å². The first-order chi connectivity index (χ1) is 7.64. The lowest BCUT2D eigenvalue weighted by Gasteiger charge is -2.21. The van der Waals surface area contributed by atoms with Crippen LogP contribution in [-0.2, 0) is 16.4 Å². The van der Waals surface area contributed by atoms with Crippen LogP contribution < -0.4 is 0 Å². The molecule has 5 nitrogen and oxygen atoms in total. The van der Waals surface area contributed by atoms with Gasteiger partial charge < -0.3 is 4.98 Å². The fourth-order valence-electron chi connectivity index (χ4n) is 1.63. The number of aromatic amines is 1. The number of H-pyrrole nitrogens is 1. The summed E-state index contributed by atoms with van der Waals surface area (Å²) in [6.07, 6.45) is 6.74. The van der Waals surface area contributed by atoms with Crippen molar-refractivity contribution in [3.05, 3.63) is 24.2 Å². The van der Waals surface area contributed by atoms with Gasteiger partial charge in [0.25, 0.3) is 10.0 Å². The lowest BCUT2D eigenvalue weighted by molar-refractivity contribution is 0.435. The summed E-state index contributed by atoms with van der Waals surface area (Å²) < 4.78 is 25.7. The summed E-state index contributed by atoms with van der Waals surface area (Å²) >= 11 is 0. The Bertz CT molecular complexity index is 490. The lowest BCUT2D eigenvalue weighted by Crippen LogP contribution is -2.34. The minimum atomic E-state index is -3.39. The minimum absolute atomic E-state index is 0.194. The van der Waals surface area contributed by atoms with Gasteiger partial charge in [-0.2, -0.15) is 4.31 Å². The van der Waals surface area contributed by atoms with Gasteiger partial charge in [0.15, 0.2) is 5.03 Å². The molecule has 2 heterocycles. The second-order valence-electron chi connectivity index (χ2n) is 3.67. The Morgan fingerprint density at radius 3 is 2.88 bits per heavy atom. The molecule has 0 atom stereocenters. The van der Waals surface area contributed by atoms with E-state index in [0.717, 1.165) is 6.42 Å². The van der Waals surface area contributed by atoms with Crippen LogP contribution in [0.5, 0.6) is 0 Å². The molecule has 0 radical (unpaired) electrons. The zero-order valence-corrected chi connectivity index (χ0v) is 10.00. The van der Waals surface area contributed by atoms with Crippen LogP contribution in [0.4, 0.5) is 0 Å². The Labute approximate surface area is 95.2 Å². The fraction of sp³-hybridized carbons (Fsp3) is 0.500. The van der Waals surface area contributed by atoms with Crippen LogP contribution in [0, 0.1) is 0 Å². The Balaban J connectivity index is 2.27. The maximum Gasteiger partial charge on any atom is 0.260 e. The maximum atomic E-state index is 12.1. The molecule has 88 valence electrons. The van der Waals surface area contributed by atoms with E-state index in [0.29, 0.717) is 25.3 Å². The number of aromatic nitrogens is 2. The molecule has 0 saturated carbocycles. The van der Waals surface area contributed by atoms with Gasteiger partial charge in [-0.15, -0.1) is 0 Å². The SMILES string of the molecule is CCc1ncc(S(=O)(=O)N2CC=CCC2)[nH]1. The van der Waals surface area contributed by atoms with E-state index in [1.807, 2.05) is 19.1 Å². The summed E-state index contributed by atoms with van der Waals surface area (Å²) in [5.41, 5.74) is 0. The molecule has 2 rings (SSSR count). The van der Waals surface area contributed by atoms with Crippen LogP contribution in [-0.4, -0.2) is 35.8 Å². The van der Waals surface area contributed by atoms with Crippen molar-refractivity contribution in [3.8, 4) is 0 Å². The highest BCUT2D eigenvalue weighted by Gasteiger charge is 2.25. The topological polar surface area (TPSA) is 66.1 Å². The molecule has 1 N–H and O–H groups in total. The highest BCUT2D eigenvalue weighted by molar-refractivity contribution is 7.89. The van der Waals surface area contributed by atoms with Gasteiger partial charge in [0.2, 0.25) is 0 Å². The van der Waals surface area contributed by atoms with E-state index in [4.69, 9.17) is 0 Å². The van der Waals surface area contributed by atoms with Crippen molar-refractivity contribution < 1.29 is 8.42 Å². The van der Waals surface area contributed by atoms with Gasteiger partial charge in [0.05, 0.1) is 6.20 Å². The Hall–Kier alpha value is -1.14. The van der Waals surface area contributed by atoms with Gasteiger partial charge in [-0.05, 0) is 6.42 Å². The summed E-state index contributed by atoms with van der Waals surface area (Å²) in [7, 11) is -3.39. The van der Waals surface area contributed by atoms with Gasteiger partial charge in [-0.3, -0.25) is 0 Å². The third-order valence-corrected chi connectivity index (χ3v) is 4.35. The molecule has 1 aromatic rings. The van der Waals surface area contributed by atoms with Crippen LogP contribution in [0.25, 0.3) is 0 Å². The molecule has 0 amide bonds. The van der Waals surface area contributed by atoms with Crippen LogP contribution >= 0.6 is 0 Å². The van der Waals surface area contributed by atoms with E-state index in [9.17, 15) is 8.42 Å². The van der Waals surface area contributed by atoms with Gasteiger partial charge in [-0.1, -0.05) is 19.1 Å². The van der Waals surface area contributed by atoms with Crippen molar-refractivity contribution in [1.82, 2.24) is 14.3 Å². The molecule has 0 saturated heterocycles. The predicted molar refractivity (Wildman–Crippen MR) is 60.5 cm³/mol. The molecule has 6 heteroatoms. The highest BCUT2D eigenvalue weighted by atomic mass is 32.2. The van der Waals surface area contributed by atoms with Crippen molar-refractivity contribution in [2.24, 2.45) is 0 Å². The van der Waals surface area contributed by atoms with E-state index in [2.05, 4.69) is 9.97 Å². The van der Waals surface area contributed by atoms with E-state index in [1.165, 1.54) is 10.5 Å². The van der Waals surface area contributed by atoms with Gasteiger partial charge >= 0.3 is 0 Å². The molecule has 0 spiro atoms. The molecule has 0 unspecified atom stereocenters. The number of rotatable bonds is 3. The minimum Gasteiger partial charge on any atom is -0.332 e. The Kier molecular flexibility index (Phi) is 3.11. The molecule has 0 fully saturated rings. The smallest absolute Gasteiger partial charge is 0.260 e. The van der Waals surface area contributed by atoms with Gasteiger partial charge in [0.1, 0.15) is 5.82 Å². The molecule has 0 aromatic carbocycles. The number of hydrogen-bond donors (Lipinski definition) is 1. The predicted octanol–water partition coefficient (Wildman–Crippen LogP) is 0.923. The van der Waals surface area contributed by atoms with Crippen LogP contribution in [0.2, 0.25) is 0 Å². The normalized spacial score (nSPS) is 17.8. The summed E-state index contributed by atoms with van der Waals surface area (Å²) in [6, 6.07) is 0. The fourth-order valence-corrected chi connectivity index (χ4v) is 2.97. The average Bonchev–Trinajstić information content (AvgIpc) is 2.79. The first-order valence-electron chi connectivity index (χ1n) is 5.33. The Morgan fingerprint density at radius 2 is 2.31 bits per heavy atom. The maximum absolute atomic E-state index is 12.1. The molecule has 1 aliphatic heterocycles. The summed E-state index contributed by atoms with van der Waals surface area (Å²) in [4.78, 5) is 6.85. The van der Waals surface area contributed by atoms with E-state index >= 15 is 0 Å². The zero-order chi connectivity index (χ0) is 11.6. The number of sulfonamides is 1. The van der Waals surface area contributed by atoms with Crippen molar-refractivity contribution >= 4 is 10.0 Å². The molecule has 0 aliphatic carbocycles. The second-order valence-corrected chi connectivity index (χ2v) is 5.58. The quantitative estimate of drug-likeness (QED) is 0.800. The van der Waals surface area contributed by atoms with Crippen LogP contribution in [0.1, 0.15) is 19.2 Å². The monoisotopic (exact) mass is 241 g/mol. The molecular weight excluding hydrogens is 226 g/mol. The van der Waals surface area contributed by atoms with Crippen molar-refractivity contribution in [1.29, 1.82) is 0 Å². The van der Waals surface area contributed by atoms with Crippen LogP contribution in [0.3, 0.4) is 0 Å². The number of nitrogens with zero attached hydrogens (tertiary/aromatic N) is 2. The Morgan fingerprint density at radius 1 is 1.50 bits per heavy atom. The first-order valence-corrected chi connectivity index (χ1v) is 6.77. The molecule has 0 bridgehead atoms. The zero-order valence-electron chi connectivity index (χ0n) is 9.18. The van der Waals surface area contributed by atoms with Crippen molar-refractivity contribution in [3.63, 3.8) is 0 Å². The summed E-state index contributed by atoms with van der Waals surface area (Å²) in [5, 5.41) is 0.194. The molecule has 16 heavy (non-hydrogen) atoms.